The molecule has 7 heteroatoms. The predicted octanol–water partition coefficient (Wildman–Crippen LogP) is 2.75. The fraction of sp³-hybridized carbons (Fsp3) is 0.188. The summed E-state index contributed by atoms with van der Waals surface area (Å²) < 4.78 is 3.07. The maximum Gasteiger partial charge on any atom is 0.175 e. The molecule has 0 aliphatic carbocycles. The van der Waals surface area contributed by atoms with Gasteiger partial charge in [0.1, 0.15) is 15.2 Å². The molecule has 3 heterocycles. The van der Waals surface area contributed by atoms with Crippen LogP contribution in [0.1, 0.15) is 5.56 Å². The number of fused-ring (bicyclic) bond motifs is 3. The van der Waals surface area contributed by atoms with Gasteiger partial charge in [-0.15, -0.1) is 11.3 Å². The molecular formula is C16H16N6S. The number of anilines is 1. The monoisotopic (exact) mass is 324 g/mol. The van der Waals surface area contributed by atoms with Gasteiger partial charge in [-0.2, -0.15) is 0 Å². The highest BCUT2D eigenvalue weighted by molar-refractivity contribution is 7.22. The Balaban J connectivity index is 1.96. The first kappa shape index (κ1) is 14.1. The Hall–Kier alpha value is -2.51. The number of aryl methyl sites for hydroxylation is 1. The summed E-state index contributed by atoms with van der Waals surface area (Å²) in [6.07, 6.45) is 1.81. The summed E-state index contributed by atoms with van der Waals surface area (Å²) in [6, 6.07) is 8.18. The van der Waals surface area contributed by atoms with Gasteiger partial charge in [-0.3, -0.25) is 0 Å². The van der Waals surface area contributed by atoms with E-state index in [2.05, 4.69) is 27.4 Å². The van der Waals surface area contributed by atoms with Crippen LogP contribution in [0.3, 0.4) is 0 Å². The van der Waals surface area contributed by atoms with E-state index in [1.807, 2.05) is 37.1 Å². The quantitative estimate of drug-likeness (QED) is 0.605. The van der Waals surface area contributed by atoms with Crippen LogP contribution in [0, 0.1) is 0 Å². The summed E-state index contributed by atoms with van der Waals surface area (Å²) in [5.74, 6) is 0.753. The SMILES string of the molecule is CNc1nc2nc(-c3ccc(CN)cc3)sc2c2c1ncn2C. The molecule has 3 aromatic heterocycles. The maximum absolute atomic E-state index is 5.66. The minimum atomic E-state index is 0.544. The zero-order valence-corrected chi connectivity index (χ0v) is 13.7. The van der Waals surface area contributed by atoms with Crippen molar-refractivity contribution in [3.63, 3.8) is 0 Å². The van der Waals surface area contributed by atoms with Gasteiger partial charge in [0.2, 0.25) is 0 Å². The zero-order chi connectivity index (χ0) is 16.0. The fourth-order valence-corrected chi connectivity index (χ4v) is 3.75. The van der Waals surface area contributed by atoms with Gasteiger partial charge in [-0.05, 0) is 5.56 Å². The van der Waals surface area contributed by atoms with E-state index in [1.54, 1.807) is 11.3 Å². The largest absolute Gasteiger partial charge is 0.371 e. The highest BCUT2D eigenvalue weighted by atomic mass is 32.1. The molecule has 0 unspecified atom stereocenters. The second-order valence-corrected chi connectivity index (χ2v) is 6.33. The molecule has 0 bridgehead atoms. The topological polar surface area (TPSA) is 81.7 Å². The van der Waals surface area contributed by atoms with Crippen molar-refractivity contribution in [2.45, 2.75) is 6.54 Å². The molecule has 6 nitrogen and oxygen atoms in total. The Morgan fingerprint density at radius 2 is 2.00 bits per heavy atom. The van der Waals surface area contributed by atoms with Crippen LogP contribution < -0.4 is 11.1 Å². The summed E-state index contributed by atoms with van der Waals surface area (Å²) in [7, 11) is 3.84. The van der Waals surface area contributed by atoms with Crippen molar-refractivity contribution in [2.24, 2.45) is 12.8 Å². The predicted molar refractivity (Wildman–Crippen MR) is 94.6 cm³/mol. The van der Waals surface area contributed by atoms with Crippen molar-refractivity contribution < 1.29 is 0 Å². The number of benzene rings is 1. The van der Waals surface area contributed by atoms with E-state index < -0.39 is 0 Å². The standard InChI is InChI=1S/C16H16N6S/c1-18-14-11-12(22(2)8-19-11)13-15(20-14)21-16(23-13)10-5-3-9(7-17)4-6-10/h3-6,8H,7,17H2,1-2H3,(H,18,20). The molecule has 3 N–H and O–H groups in total. The Morgan fingerprint density at radius 1 is 1.22 bits per heavy atom. The number of pyridine rings is 1. The maximum atomic E-state index is 5.66. The highest BCUT2D eigenvalue weighted by Crippen LogP contribution is 2.35. The van der Waals surface area contributed by atoms with Gasteiger partial charge in [0.15, 0.2) is 11.5 Å². The van der Waals surface area contributed by atoms with E-state index in [0.29, 0.717) is 6.54 Å². The Kier molecular flexibility index (Phi) is 3.24. The number of aromatic nitrogens is 4. The second-order valence-electron chi connectivity index (χ2n) is 5.34. The van der Waals surface area contributed by atoms with Crippen molar-refractivity contribution in [1.82, 2.24) is 19.5 Å². The lowest BCUT2D eigenvalue weighted by molar-refractivity contribution is 0.951. The molecule has 0 radical (unpaired) electrons. The number of imidazole rings is 1. The summed E-state index contributed by atoms with van der Waals surface area (Å²) in [4.78, 5) is 13.8. The third kappa shape index (κ3) is 2.16. The number of thiazole rings is 1. The van der Waals surface area contributed by atoms with Crippen LogP contribution in [0.15, 0.2) is 30.6 Å². The molecule has 0 aliphatic heterocycles. The van der Waals surface area contributed by atoms with E-state index >= 15 is 0 Å². The molecule has 0 amide bonds. The number of nitrogens with zero attached hydrogens (tertiary/aromatic N) is 4. The van der Waals surface area contributed by atoms with E-state index in [-0.39, 0.29) is 0 Å². The number of hydrogen-bond donors (Lipinski definition) is 2. The number of hydrogen-bond acceptors (Lipinski definition) is 6. The van der Waals surface area contributed by atoms with E-state index in [4.69, 9.17) is 10.7 Å². The molecular weight excluding hydrogens is 308 g/mol. The van der Waals surface area contributed by atoms with Crippen LogP contribution in [0.25, 0.3) is 32.0 Å². The molecule has 0 spiro atoms. The van der Waals surface area contributed by atoms with E-state index in [1.165, 1.54) is 0 Å². The molecule has 0 atom stereocenters. The van der Waals surface area contributed by atoms with Gasteiger partial charge in [0.05, 0.1) is 11.8 Å². The van der Waals surface area contributed by atoms with Crippen LogP contribution >= 0.6 is 11.3 Å². The van der Waals surface area contributed by atoms with Crippen LogP contribution in [0.2, 0.25) is 0 Å². The molecule has 0 saturated heterocycles. The van der Waals surface area contributed by atoms with Crippen molar-refractivity contribution in [3.05, 3.63) is 36.2 Å². The fourth-order valence-electron chi connectivity index (χ4n) is 2.65. The molecule has 4 aromatic rings. The van der Waals surface area contributed by atoms with Crippen molar-refractivity contribution in [3.8, 4) is 10.6 Å². The molecule has 1 aromatic carbocycles. The minimum Gasteiger partial charge on any atom is -0.371 e. The zero-order valence-electron chi connectivity index (χ0n) is 12.9. The number of nitrogens with two attached hydrogens (primary N) is 1. The number of rotatable bonds is 3. The Labute approximate surface area is 137 Å². The van der Waals surface area contributed by atoms with Gasteiger partial charge in [0.25, 0.3) is 0 Å². The lowest BCUT2D eigenvalue weighted by Gasteiger charge is -2.01. The van der Waals surface area contributed by atoms with Crippen molar-refractivity contribution in [1.29, 1.82) is 0 Å². The van der Waals surface area contributed by atoms with E-state index in [9.17, 15) is 0 Å². The third-order valence-corrected chi connectivity index (χ3v) is 4.98. The van der Waals surface area contributed by atoms with Crippen LogP contribution in [0.5, 0.6) is 0 Å². The molecule has 0 aliphatic rings. The Bertz CT molecular complexity index is 999. The smallest absolute Gasteiger partial charge is 0.175 e. The normalized spacial score (nSPS) is 11.4. The molecule has 23 heavy (non-hydrogen) atoms. The average molecular weight is 324 g/mol. The molecule has 4 rings (SSSR count). The summed E-state index contributed by atoms with van der Waals surface area (Å²) in [5, 5.41) is 4.05. The minimum absolute atomic E-state index is 0.544. The summed E-state index contributed by atoms with van der Waals surface area (Å²) >= 11 is 1.64. The molecule has 116 valence electrons. The van der Waals surface area contributed by atoms with E-state index in [0.717, 1.165) is 43.3 Å². The van der Waals surface area contributed by atoms with Gasteiger partial charge in [0, 0.05) is 26.2 Å². The lowest BCUT2D eigenvalue weighted by atomic mass is 10.1. The van der Waals surface area contributed by atoms with Gasteiger partial charge in [-0.25, -0.2) is 15.0 Å². The molecule has 0 fully saturated rings. The first-order valence-electron chi connectivity index (χ1n) is 7.30. The first-order valence-corrected chi connectivity index (χ1v) is 8.11. The van der Waals surface area contributed by atoms with Crippen molar-refractivity contribution in [2.75, 3.05) is 12.4 Å². The lowest BCUT2D eigenvalue weighted by Crippen LogP contribution is -1.95. The second kappa shape index (κ2) is 5.29. The Morgan fingerprint density at radius 3 is 2.70 bits per heavy atom. The van der Waals surface area contributed by atoms with Crippen molar-refractivity contribution >= 4 is 38.5 Å². The number of nitrogens with one attached hydrogen (secondary N) is 1. The highest BCUT2D eigenvalue weighted by Gasteiger charge is 2.16. The van der Waals surface area contributed by atoms with Crippen LogP contribution in [-0.4, -0.2) is 26.6 Å². The average Bonchev–Trinajstić information content (AvgIpc) is 3.17. The summed E-state index contributed by atoms with van der Waals surface area (Å²) in [5.41, 5.74) is 10.5. The van der Waals surface area contributed by atoms with Crippen LogP contribution in [0.4, 0.5) is 5.82 Å². The molecule has 0 saturated carbocycles. The first-order chi connectivity index (χ1) is 11.2. The third-order valence-electron chi connectivity index (χ3n) is 3.88. The summed E-state index contributed by atoms with van der Waals surface area (Å²) in [6.45, 7) is 0.544. The van der Waals surface area contributed by atoms with Gasteiger partial charge >= 0.3 is 0 Å². The van der Waals surface area contributed by atoms with Crippen LogP contribution in [-0.2, 0) is 13.6 Å². The van der Waals surface area contributed by atoms with Gasteiger partial charge in [-0.1, -0.05) is 24.3 Å². The van der Waals surface area contributed by atoms with Gasteiger partial charge < -0.3 is 15.6 Å².